The SMILES string of the molecule is CCC(=O)CCCc1cc(C)ccc1C. The molecule has 0 radical (unpaired) electrons. The minimum absolute atomic E-state index is 0.375. The van der Waals surface area contributed by atoms with Crippen molar-refractivity contribution in [2.75, 3.05) is 0 Å². The number of ketones is 1. The number of benzene rings is 1. The molecule has 0 atom stereocenters. The van der Waals surface area contributed by atoms with E-state index in [1.165, 1.54) is 16.7 Å². The summed E-state index contributed by atoms with van der Waals surface area (Å²) < 4.78 is 0. The van der Waals surface area contributed by atoms with E-state index in [1.807, 2.05) is 6.92 Å². The fourth-order valence-electron chi connectivity index (χ4n) is 1.72. The zero-order chi connectivity index (χ0) is 11.3. The third kappa shape index (κ3) is 3.86. The molecule has 82 valence electrons. The standard InChI is InChI=1S/C14H20O/c1-4-14(15)7-5-6-13-10-11(2)8-9-12(13)3/h8-10H,4-7H2,1-3H3. The molecule has 0 N–H and O–H groups in total. The first-order valence-electron chi connectivity index (χ1n) is 5.71. The first-order chi connectivity index (χ1) is 7.13. The first-order valence-corrected chi connectivity index (χ1v) is 5.71. The van der Waals surface area contributed by atoms with Crippen molar-refractivity contribution in [2.45, 2.75) is 46.5 Å². The van der Waals surface area contributed by atoms with Crippen LogP contribution in [-0.2, 0) is 11.2 Å². The minimum Gasteiger partial charge on any atom is -0.300 e. The lowest BCUT2D eigenvalue weighted by atomic mass is 9.99. The molecule has 0 aliphatic rings. The Balaban J connectivity index is 2.50. The highest BCUT2D eigenvalue weighted by molar-refractivity contribution is 5.77. The number of Topliss-reactive ketones (excluding diaryl/α,β-unsaturated/α-hetero) is 1. The average Bonchev–Trinajstić information content (AvgIpc) is 2.23. The second-order valence-electron chi connectivity index (χ2n) is 4.18. The molecule has 1 heteroatoms. The summed E-state index contributed by atoms with van der Waals surface area (Å²) in [5, 5.41) is 0. The number of carbonyl (C=O) groups excluding carboxylic acids is 1. The maximum absolute atomic E-state index is 11.2. The van der Waals surface area contributed by atoms with Crippen molar-refractivity contribution >= 4 is 5.78 Å². The lowest BCUT2D eigenvalue weighted by Crippen LogP contribution is -1.97. The Labute approximate surface area is 92.5 Å². The zero-order valence-electron chi connectivity index (χ0n) is 9.97. The number of hydrogen-bond acceptors (Lipinski definition) is 1. The van der Waals surface area contributed by atoms with Crippen LogP contribution < -0.4 is 0 Å². The lowest BCUT2D eigenvalue weighted by molar-refractivity contribution is -0.118. The van der Waals surface area contributed by atoms with Gasteiger partial charge in [-0.1, -0.05) is 30.7 Å². The van der Waals surface area contributed by atoms with Gasteiger partial charge in [0.25, 0.3) is 0 Å². The molecule has 1 nitrogen and oxygen atoms in total. The van der Waals surface area contributed by atoms with Gasteiger partial charge >= 0.3 is 0 Å². The van der Waals surface area contributed by atoms with Crippen molar-refractivity contribution in [3.63, 3.8) is 0 Å². The third-order valence-corrected chi connectivity index (χ3v) is 2.80. The van der Waals surface area contributed by atoms with Crippen LogP contribution in [0.5, 0.6) is 0 Å². The predicted octanol–water partition coefficient (Wildman–Crippen LogP) is 3.61. The lowest BCUT2D eigenvalue weighted by Gasteiger charge is -2.06. The monoisotopic (exact) mass is 204 g/mol. The van der Waals surface area contributed by atoms with E-state index in [9.17, 15) is 4.79 Å². The highest BCUT2D eigenvalue weighted by atomic mass is 16.1. The molecular formula is C14H20O. The van der Waals surface area contributed by atoms with Crippen molar-refractivity contribution in [3.05, 3.63) is 34.9 Å². The summed E-state index contributed by atoms with van der Waals surface area (Å²) in [6, 6.07) is 6.52. The molecule has 0 saturated heterocycles. The highest BCUT2D eigenvalue weighted by Gasteiger charge is 2.01. The van der Waals surface area contributed by atoms with E-state index in [0.29, 0.717) is 12.2 Å². The molecular weight excluding hydrogens is 184 g/mol. The Morgan fingerprint density at radius 1 is 1.27 bits per heavy atom. The van der Waals surface area contributed by atoms with E-state index in [4.69, 9.17) is 0 Å². The largest absolute Gasteiger partial charge is 0.300 e. The molecule has 1 aromatic rings. The van der Waals surface area contributed by atoms with E-state index in [1.54, 1.807) is 0 Å². The summed E-state index contributed by atoms with van der Waals surface area (Å²) in [5.41, 5.74) is 4.03. The quantitative estimate of drug-likeness (QED) is 0.716. The Hall–Kier alpha value is -1.11. The van der Waals surface area contributed by atoms with Gasteiger partial charge in [-0.15, -0.1) is 0 Å². The van der Waals surface area contributed by atoms with Gasteiger partial charge < -0.3 is 0 Å². The van der Waals surface area contributed by atoms with Crippen LogP contribution in [0.3, 0.4) is 0 Å². The van der Waals surface area contributed by atoms with Gasteiger partial charge in [-0.25, -0.2) is 0 Å². The average molecular weight is 204 g/mol. The van der Waals surface area contributed by atoms with Crippen LogP contribution in [0.25, 0.3) is 0 Å². The molecule has 1 rings (SSSR count). The van der Waals surface area contributed by atoms with Crippen LogP contribution in [0, 0.1) is 13.8 Å². The molecule has 0 heterocycles. The van der Waals surface area contributed by atoms with Gasteiger partial charge in [0.2, 0.25) is 0 Å². The van der Waals surface area contributed by atoms with Gasteiger partial charge in [-0.05, 0) is 37.8 Å². The van der Waals surface area contributed by atoms with Gasteiger partial charge in [-0.2, -0.15) is 0 Å². The van der Waals surface area contributed by atoms with Crippen molar-refractivity contribution in [1.29, 1.82) is 0 Å². The summed E-state index contributed by atoms with van der Waals surface area (Å²) in [6.07, 6.45) is 3.41. The summed E-state index contributed by atoms with van der Waals surface area (Å²) >= 11 is 0. The summed E-state index contributed by atoms with van der Waals surface area (Å²) in [4.78, 5) is 11.2. The number of aryl methyl sites for hydroxylation is 3. The van der Waals surface area contributed by atoms with E-state index in [-0.39, 0.29) is 0 Å². The van der Waals surface area contributed by atoms with Crippen LogP contribution >= 0.6 is 0 Å². The Bertz CT molecular complexity index is 339. The molecule has 0 saturated carbocycles. The molecule has 0 aliphatic carbocycles. The van der Waals surface area contributed by atoms with Gasteiger partial charge in [0, 0.05) is 12.8 Å². The topological polar surface area (TPSA) is 17.1 Å². The maximum atomic E-state index is 11.2. The normalized spacial score (nSPS) is 10.3. The molecule has 0 aliphatic heterocycles. The minimum atomic E-state index is 0.375. The fourth-order valence-corrected chi connectivity index (χ4v) is 1.72. The first kappa shape index (κ1) is 12.0. The highest BCUT2D eigenvalue weighted by Crippen LogP contribution is 2.13. The van der Waals surface area contributed by atoms with Crippen LogP contribution in [0.1, 0.15) is 42.9 Å². The predicted molar refractivity (Wildman–Crippen MR) is 64.2 cm³/mol. The third-order valence-electron chi connectivity index (χ3n) is 2.80. The Kier molecular flexibility index (Phi) is 4.54. The molecule has 0 aromatic heterocycles. The van der Waals surface area contributed by atoms with Gasteiger partial charge in [-0.3, -0.25) is 4.79 Å². The number of carbonyl (C=O) groups is 1. The summed E-state index contributed by atoms with van der Waals surface area (Å²) in [5.74, 6) is 0.375. The zero-order valence-corrected chi connectivity index (χ0v) is 9.97. The van der Waals surface area contributed by atoms with Crippen molar-refractivity contribution in [2.24, 2.45) is 0 Å². The van der Waals surface area contributed by atoms with E-state index in [2.05, 4.69) is 32.0 Å². The maximum Gasteiger partial charge on any atom is 0.132 e. The van der Waals surface area contributed by atoms with Crippen LogP contribution in [0.15, 0.2) is 18.2 Å². The van der Waals surface area contributed by atoms with Crippen molar-refractivity contribution in [1.82, 2.24) is 0 Å². The Morgan fingerprint density at radius 3 is 2.67 bits per heavy atom. The summed E-state index contributed by atoms with van der Waals surface area (Å²) in [7, 11) is 0. The van der Waals surface area contributed by atoms with E-state index in [0.717, 1.165) is 19.3 Å². The summed E-state index contributed by atoms with van der Waals surface area (Å²) in [6.45, 7) is 6.18. The number of hydrogen-bond donors (Lipinski definition) is 0. The second-order valence-corrected chi connectivity index (χ2v) is 4.18. The van der Waals surface area contributed by atoms with Crippen LogP contribution in [0.4, 0.5) is 0 Å². The fraction of sp³-hybridized carbons (Fsp3) is 0.500. The molecule has 1 aromatic carbocycles. The Morgan fingerprint density at radius 2 is 2.00 bits per heavy atom. The molecule has 0 unspecified atom stereocenters. The molecule has 0 spiro atoms. The van der Waals surface area contributed by atoms with Gasteiger partial charge in [0.1, 0.15) is 5.78 Å². The van der Waals surface area contributed by atoms with Crippen LogP contribution in [-0.4, -0.2) is 5.78 Å². The van der Waals surface area contributed by atoms with E-state index < -0.39 is 0 Å². The van der Waals surface area contributed by atoms with Crippen molar-refractivity contribution < 1.29 is 4.79 Å². The molecule has 0 bridgehead atoms. The second kappa shape index (κ2) is 5.69. The molecule has 15 heavy (non-hydrogen) atoms. The van der Waals surface area contributed by atoms with E-state index >= 15 is 0 Å². The van der Waals surface area contributed by atoms with Gasteiger partial charge in [0.15, 0.2) is 0 Å². The van der Waals surface area contributed by atoms with Crippen LogP contribution in [0.2, 0.25) is 0 Å². The molecule has 0 amide bonds. The van der Waals surface area contributed by atoms with Crippen molar-refractivity contribution in [3.8, 4) is 0 Å². The smallest absolute Gasteiger partial charge is 0.132 e. The van der Waals surface area contributed by atoms with Gasteiger partial charge in [0.05, 0.1) is 0 Å². The number of rotatable bonds is 5. The molecule has 0 fully saturated rings.